The highest BCUT2D eigenvalue weighted by Gasteiger charge is 2.18. The van der Waals surface area contributed by atoms with Gasteiger partial charge in [-0.1, -0.05) is 44.0 Å². The van der Waals surface area contributed by atoms with E-state index in [4.69, 9.17) is 0 Å². The van der Waals surface area contributed by atoms with E-state index in [2.05, 4.69) is 85.9 Å². The van der Waals surface area contributed by atoms with Crippen LogP contribution in [-0.4, -0.2) is 0 Å². The standard InChI is InChI=1S/C13H11Br3S/c1-7-6-11(15)13(17-7)12(16)9-4-3-5-10(14)8(9)2/h3-6,12H,1-2H3. The predicted molar refractivity (Wildman–Crippen MR) is 86.4 cm³/mol. The summed E-state index contributed by atoms with van der Waals surface area (Å²) in [7, 11) is 0. The van der Waals surface area contributed by atoms with Crippen LogP contribution in [0, 0.1) is 13.8 Å². The van der Waals surface area contributed by atoms with Crippen molar-refractivity contribution in [3.8, 4) is 0 Å². The Bertz CT molecular complexity index is 546. The first-order chi connectivity index (χ1) is 8.00. The van der Waals surface area contributed by atoms with Crippen molar-refractivity contribution < 1.29 is 0 Å². The van der Waals surface area contributed by atoms with Gasteiger partial charge in [0.1, 0.15) is 0 Å². The number of thiophene rings is 1. The molecule has 0 amide bonds. The molecule has 4 heteroatoms. The van der Waals surface area contributed by atoms with Gasteiger partial charge < -0.3 is 0 Å². The second-order valence-corrected chi connectivity index (χ2v) is 7.80. The minimum Gasteiger partial charge on any atom is -0.143 e. The van der Waals surface area contributed by atoms with Crippen molar-refractivity contribution in [1.82, 2.24) is 0 Å². The van der Waals surface area contributed by atoms with Crippen LogP contribution in [0.5, 0.6) is 0 Å². The highest BCUT2D eigenvalue weighted by molar-refractivity contribution is 9.11. The number of hydrogen-bond donors (Lipinski definition) is 0. The minimum absolute atomic E-state index is 0.244. The highest BCUT2D eigenvalue weighted by Crippen LogP contribution is 2.42. The van der Waals surface area contributed by atoms with Crippen LogP contribution in [0.1, 0.15) is 25.7 Å². The molecule has 0 fully saturated rings. The van der Waals surface area contributed by atoms with Crippen LogP contribution in [0.25, 0.3) is 0 Å². The van der Waals surface area contributed by atoms with Crippen LogP contribution < -0.4 is 0 Å². The molecule has 0 bridgehead atoms. The fraction of sp³-hybridized carbons (Fsp3) is 0.231. The molecule has 0 aliphatic heterocycles. The molecule has 1 unspecified atom stereocenters. The molecule has 0 aliphatic rings. The van der Waals surface area contributed by atoms with E-state index in [1.165, 1.54) is 25.4 Å². The van der Waals surface area contributed by atoms with E-state index in [0.29, 0.717) is 0 Å². The number of benzene rings is 1. The average molecular weight is 439 g/mol. The molecule has 0 aliphatic carbocycles. The van der Waals surface area contributed by atoms with Gasteiger partial charge in [0, 0.05) is 18.7 Å². The topological polar surface area (TPSA) is 0 Å². The monoisotopic (exact) mass is 436 g/mol. The zero-order chi connectivity index (χ0) is 12.6. The first-order valence-corrected chi connectivity index (χ1v) is 8.47. The molecule has 17 heavy (non-hydrogen) atoms. The lowest BCUT2D eigenvalue weighted by Crippen LogP contribution is -1.94. The van der Waals surface area contributed by atoms with Crippen molar-refractivity contribution in [2.45, 2.75) is 18.7 Å². The summed E-state index contributed by atoms with van der Waals surface area (Å²) >= 11 is 12.8. The summed E-state index contributed by atoms with van der Waals surface area (Å²) in [5, 5.41) is 0. The third-order valence-electron chi connectivity index (χ3n) is 2.65. The van der Waals surface area contributed by atoms with Crippen LogP contribution in [-0.2, 0) is 0 Å². The number of alkyl halides is 1. The summed E-state index contributed by atoms with van der Waals surface area (Å²) in [6, 6.07) is 8.49. The van der Waals surface area contributed by atoms with Crippen molar-refractivity contribution in [2.75, 3.05) is 0 Å². The van der Waals surface area contributed by atoms with Crippen LogP contribution in [0.15, 0.2) is 33.2 Å². The van der Waals surface area contributed by atoms with Gasteiger partial charge in [0.2, 0.25) is 0 Å². The van der Waals surface area contributed by atoms with E-state index in [1.54, 1.807) is 0 Å². The molecule has 0 saturated carbocycles. The molecular formula is C13H11Br3S. The van der Waals surface area contributed by atoms with Gasteiger partial charge in [-0.3, -0.25) is 0 Å². The molecule has 0 saturated heterocycles. The Morgan fingerprint density at radius 1 is 1.12 bits per heavy atom. The second-order valence-electron chi connectivity index (χ2n) is 3.89. The Labute approximate surface area is 131 Å². The summed E-state index contributed by atoms with van der Waals surface area (Å²) in [4.78, 5) is 2.89. The van der Waals surface area contributed by atoms with E-state index >= 15 is 0 Å². The largest absolute Gasteiger partial charge is 0.143 e. The van der Waals surface area contributed by atoms with Crippen LogP contribution >= 0.6 is 59.1 Å². The molecular weight excluding hydrogens is 428 g/mol. The van der Waals surface area contributed by atoms with Crippen molar-refractivity contribution >= 4 is 59.1 Å². The number of rotatable bonds is 2. The van der Waals surface area contributed by atoms with Gasteiger partial charge in [-0.25, -0.2) is 0 Å². The first-order valence-electron chi connectivity index (χ1n) is 5.15. The van der Waals surface area contributed by atoms with E-state index in [-0.39, 0.29) is 4.83 Å². The fourth-order valence-corrected chi connectivity index (χ4v) is 5.30. The van der Waals surface area contributed by atoms with E-state index in [1.807, 2.05) is 11.3 Å². The Kier molecular flexibility index (Phi) is 4.50. The second kappa shape index (κ2) is 5.55. The van der Waals surface area contributed by atoms with Gasteiger partial charge in [0.15, 0.2) is 0 Å². The van der Waals surface area contributed by atoms with Crippen molar-refractivity contribution in [3.63, 3.8) is 0 Å². The van der Waals surface area contributed by atoms with E-state index in [9.17, 15) is 0 Å². The smallest absolute Gasteiger partial charge is 0.0752 e. The van der Waals surface area contributed by atoms with Crippen LogP contribution in [0.3, 0.4) is 0 Å². The maximum absolute atomic E-state index is 3.80. The zero-order valence-corrected chi connectivity index (χ0v) is 15.0. The predicted octanol–water partition coefficient (Wildman–Crippen LogP) is 6.37. The molecule has 2 aromatic rings. The SMILES string of the molecule is Cc1cc(Br)c(C(Br)c2cccc(Br)c2C)s1. The molecule has 2 rings (SSSR count). The Balaban J connectivity index is 2.47. The number of halogens is 3. The quantitative estimate of drug-likeness (QED) is 0.477. The Morgan fingerprint density at radius 3 is 2.41 bits per heavy atom. The summed E-state index contributed by atoms with van der Waals surface area (Å²) < 4.78 is 2.34. The molecule has 0 spiro atoms. The average Bonchev–Trinajstić information content (AvgIpc) is 2.61. The normalized spacial score (nSPS) is 12.8. The van der Waals surface area contributed by atoms with Crippen molar-refractivity contribution in [1.29, 1.82) is 0 Å². The summed E-state index contributed by atoms with van der Waals surface area (Å²) in [6.07, 6.45) is 0. The summed E-state index contributed by atoms with van der Waals surface area (Å²) in [6.45, 7) is 4.27. The molecule has 0 radical (unpaired) electrons. The van der Waals surface area contributed by atoms with E-state index in [0.717, 1.165) is 4.47 Å². The van der Waals surface area contributed by atoms with Gasteiger partial charge >= 0.3 is 0 Å². The molecule has 0 N–H and O–H groups in total. The third-order valence-corrected chi connectivity index (χ3v) is 6.80. The maximum Gasteiger partial charge on any atom is 0.0752 e. The third kappa shape index (κ3) is 2.86. The Morgan fingerprint density at radius 2 is 1.82 bits per heavy atom. The van der Waals surface area contributed by atoms with Gasteiger partial charge in [-0.2, -0.15) is 0 Å². The van der Waals surface area contributed by atoms with Crippen LogP contribution in [0.4, 0.5) is 0 Å². The molecule has 1 aromatic heterocycles. The lowest BCUT2D eigenvalue weighted by Gasteiger charge is -2.13. The van der Waals surface area contributed by atoms with Crippen molar-refractivity contribution in [2.24, 2.45) is 0 Å². The molecule has 1 heterocycles. The van der Waals surface area contributed by atoms with E-state index < -0.39 is 0 Å². The fourth-order valence-electron chi connectivity index (χ4n) is 1.71. The van der Waals surface area contributed by atoms with Crippen LogP contribution in [0.2, 0.25) is 0 Å². The molecule has 1 atom stereocenters. The summed E-state index contributed by atoms with van der Waals surface area (Å²) in [5.41, 5.74) is 2.59. The zero-order valence-electron chi connectivity index (χ0n) is 9.43. The molecule has 90 valence electrons. The van der Waals surface area contributed by atoms with Gasteiger partial charge in [0.25, 0.3) is 0 Å². The number of aryl methyl sites for hydroxylation is 1. The maximum atomic E-state index is 3.80. The summed E-state index contributed by atoms with van der Waals surface area (Å²) in [5.74, 6) is 0. The van der Waals surface area contributed by atoms with Gasteiger partial charge in [-0.15, -0.1) is 11.3 Å². The lowest BCUT2D eigenvalue weighted by molar-refractivity contribution is 1.16. The Hall–Kier alpha value is 0.360. The first kappa shape index (κ1) is 13.8. The minimum atomic E-state index is 0.244. The van der Waals surface area contributed by atoms with Gasteiger partial charge in [0.05, 0.1) is 4.83 Å². The lowest BCUT2D eigenvalue weighted by atomic mass is 10.1. The number of hydrogen-bond acceptors (Lipinski definition) is 1. The van der Waals surface area contributed by atoms with Gasteiger partial charge in [-0.05, 0) is 53.0 Å². The molecule has 1 aromatic carbocycles. The molecule has 0 nitrogen and oxygen atoms in total. The van der Waals surface area contributed by atoms with Crippen molar-refractivity contribution in [3.05, 3.63) is 54.1 Å². The highest BCUT2D eigenvalue weighted by atomic mass is 79.9.